The van der Waals surface area contributed by atoms with E-state index in [4.69, 9.17) is 0 Å². The number of fused-ring (bicyclic) bond motifs is 1. The van der Waals surface area contributed by atoms with E-state index in [9.17, 15) is 14.0 Å². The summed E-state index contributed by atoms with van der Waals surface area (Å²) in [4.78, 5) is 27.0. The zero-order valence-corrected chi connectivity index (χ0v) is 14.8. The van der Waals surface area contributed by atoms with E-state index in [1.54, 1.807) is 50.4 Å². The van der Waals surface area contributed by atoms with Gasteiger partial charge in [-0.2, -0.15) is 0 Å². The molecule has 1 heterocycles. The number of carbonyl (C=O) groups is 2. The van der Waals surface area contributed by atoms with Crippen LogP contribution in [0.25, 0.3) is 10.9 Å². The van der Waals surface area contributed by atoms with Crippen LogP contribution in [0.4, 0.5) is 15.8 Å². The summed E-state index contributed by atoms with van der Waals surface area (Å²) in [5, 5.41) is 6.23. The maximum absolute atomic E-state index is 13.6. The largest absolute Gasteiger partial charge is 0.361 e. The molecule has 0 saturated carbocycles. The van der Waals surface area contributed by atoms with Gasteiger partial charge in [0.2, 0.25) is 11.8 Å². The Bertz CT molecular complexity index is 974. The lowest BCUT2D eigenvalue weighted by Crippen LogP contribution is -2.34. The van der Waals surface area contributed by atoms with Crippen molar-refractivity contribution in [3.8, 4) is 0 Å². The zero-order chi connectivity index (χ0) is 18.9. The number of H-pyrrole nitrogens is 1. The molecular formula is C20H20FN3O2. The first-order valence-electron chi connectivity index (χ1n) is 8.23. The molecule has 0 aliphatic rings. The van der Waals surface area contributed by atoms with E-state index in [2.05, 4.69) is 15.6 Å². The van der Waals surface area contributed by atoms with Crippen LogP contribution in [0.3, 0.4) is 0 Å². The first-order valence-corrected chi connectivity index (χ1v) is 8.23. The lowest BCUT2D eigenvalue weighted by molar-refractivity contribution is -0.120. The van der Waals surface area contributed by atoms with Gasteiger partial charge in [-0.15, -0.1) is 0 Å². The molecule has 0 radical (unpaired) electrons. The van der Waals surface area contributed by atoms with E-state index >= 15 is 0 Å². The molecule has 3 aromatic rings. The minimum Gasteiger partial charge on any atom is -0.361 e. The number of hydrogen-bond acceptors (Lipinski definition) is 2. The highest BCUT2D eigenvalue weighted by molar-refractivity contribution is 6.02. The number of aromatic nitrogens is 1. The van der Waals surface area contributed by atoms with Gasteiger partial charge in [-0.05, 0) is 61.9 Å². The van der Waals surface area contributed by atoms with Crippen molar-refractivity contribution in [2.45, 2.75) is 26.2 Å². The van der Waals surface area contributed by atoms with Gasteiger partial charge in [0.15, 0.2) is 0 Å². The predicted octanol–water partition coefficient (Wildman–Crippen LogP) is 4.18. The van der Waals surface area contributed by atoms with Crippen LogP contribution in [0.15, 0.2) is 48.7 Å². The quantitative estimate of drug-likeness (QED) is 0.658. The molecule has 0 saturated heterocycles. The second-order valence-electron chi connectivity index (χ2n) is 6.73. The van der Waals surface area contributed by atoms with Crippen molar-refractivity contribution in [1.82, 2.24) is 4.98 Å². The smallest absolute Gasteiger partial charge is 0.234 e. The van der Waals surface area contributed by atoms with Crippen molar-refractivity contribution >= 4 is 34.1 Å². The average molecular weight is 353 g/mol. The van der Waals surface area contributed by atoms with Gasteiger partial charge < -0.3 is 15.6 Å². The third-order valence-corrected chi connectivity index (χ3v) is 4.35. The maximum atomic E-state index is 13.6. The SMILES string of the molecule is CC(=O)Nc1ccc(NC(=O)C(C)(C)c2c[nH]c3ccc(F)cc23)cc1. The fraction of sp³-hybridized carbons (Fsp3) is 0.200. The van der Waals surface area contributed by atoms with Crippen molar-refractivity contribution in [3.05, 3.63) is 60.0 Å². The van der Waals surface area contributed by atoms with Crippen molar-refractivity contribution in [1.29, 1.82) is 0 Å². The monoisotopic (exact) mass is 353 g/mol. The molecule has 0 aliphatic carbocycles. The minimum absolute atomic E-state index is 0.158. The summed E-state index contributed by atoms with van der Waals surface area (Å²) in [7, 11) is 0. The fourth-order valence-electron chi connectivity index (χ4n) is 2.86. The van der Waals surface area contributed by atoms with Gasteiger partial charge >= 0.3 is 0 Å². The van der Waals surface area contributed by atoms with Crippen LogP contribution in [0, 0.1) is 5.82 Å². The van der Waals surface area contributed by atoms with Gasteiger partial charge in [-0.25, -0.2) is 4.39 Å². The molecule has 5 nitrogen and oxygen atoms in total. The van der Waals surface area contributed by atoms with Gasteiger partial charge in [0, 0.05) is 35.4 Å². The van der Waals surface area contributed by atoms with E-state index < -0.39 is 5.41 Å². The van der Waals surface area contributed by atoms with E-state index in [0.717, 1.165) is 11.1 Å². The Kier molecular flexibility index (Phi) is 4.50. The Labute approximate surface area is 150 Å². The van der Waals surface area contributed by atoms with Crippen LogP contribution in [0.2, 0.25) is 0 Å². The standard InChI is InChI=1S/C20H20FN3O2/c1-12(25)23-14-5-7-15(8-6-14)24-19(26)20(2,3)17-11-22-18-9-4-13(21)10-16(17)18/h4-11,22H,1-3H3,(H,23,25)(H,24,26). The number of amides is 2. The van der Waals surface area contributed by atoms with E-state index in [1.807, 2.05) is 0 Å². The highest BCUT2D eigenvalue weighted by Gasteiger charge is 2.32. The van der Waals surface area contributed by atoms with Crippen LogP contribution >= 0.6 is 0 Å². The Morgan fingerprint density at radius 2 is 1.62 bits per heavy atom. The third kappa shape index (κ3) is 3.44. The topological polar surface area (TPSA) is 74.0 Å². The molecule has 0 atom stereocenters. The van der Waals surface area contributed by atoms with Crippen LogP contribution in [-0.4, -0.2) is 16.8 Å². The van der Waals surface area contributed by atoms with Crippen molar-refractivity contribution in [3.63, 3.8) is 0 Å². The number of anilines is 2. The molecule has 0 unspecified atom stereocenters. The Balaban J connectivity index is 1.83. The van der Waals surface area contributed by atoms with Crippen molar-refractivity contribution in [2.75, 3.05) is 10.6 Å². The second kappa shape index (κ2) is 6.63. The molecule has 134 valence electrons. The molecule has 2 amide bonds. The number of nitrogens with one attached hydrogen (secondary N) is 3. The molecule has 1 aromatic heterocycles. The van der Waals surface area contributed by atoms with Crippen molar-refractivity contribution < 1.29 is 14.0 Å². The zero-order valence-electron chi connectivity index (χ0n) is 14.8. The van der Waals surface area contributed by atoms with Crippen molar-refractivity contribution in [2.24, 2.45) is 0 Å². The highest BCUT2D eigenvalue weighted by Crippen LogP contribution is 2.32. The molecule has 0 bridgehead atoms. The number of aromatic amines is 1. The Hall–Kier alpha value is -3.15. The lowest BCUT2D eigenvalue weighted by Gasteiger charge is -2.23. The second-order valence-corrected chi connectivity index (χ2v) is 6.73. The summed E-state index contributed by atoms with van der Waals surface area (Å²) in [5.41, 5.74) is 1.90. The Morgan fingerprint density at radius 1 is 1.00 bits per heavy atom. The van der Waals surface area contributed by atoms with Crippen LogP contribution in [0.5, 0.6) is 0 Å². The Morgan fingerprint density at radius 3 is 2.23 bits per heavy atom. The molecule has 26 heavy (non-hydrogen) atoms. The van der Waals surface area contributed by atoms with Crippen LogP contribution < -0.4 is 10.6 Å². The maximum Gasteiger partial charge on any atom is 0.234 e. The lowest BCUT2D eigenvalue weighted by atomic mass is 9.83. The fourth-order valence-corrected chi connectivity index (χ4v) is 2.86. The van der Waals surface area contributed by atoms with Gasteiger partial charge in [-0.1, -0.05) is 0 Å². The molecule has 0 spiro atoms. The van der Waals surface area contributed by atoms with Crippen LogP contribution in [-0.2, 0) is 15.0 Å². The first kappa shape index (κ1) is 17.7. The summed E-state index contributed by atoms with van der Waals surface area (Å²) in [6.45, 7) is 5.02. The molecule has 6 heteroatoms. The molecular weight excluding hydrogens is 333 g/mol. The van der Waals surface area contributed by atoms with E-state index in [0.29, 0.717) is 16.8 Å². The number of carbonyl (C=O) groups excluding carboxylic acids is 2. The number of rotatable bonds is 4. The van der Waals surface area contributed by atoms with Gasteiger partial charge in [0.1, 0.15) is 5.82 Å². The van der Waals surface area contributed by atoms with Gasteiger partial charge in [-0.3, -0.25) is 9.59 Å². The normalized spacial score (nSPS) is 11.4. The third-order valence-electron chi connectivity index (χ3n) is 4.35. The minimum atomic E-state index is -0.873. The molecule has 0 aliphatic heterocycles. The molecule has 2 aromatic carbocycles. The number of halogens is 1. The molecule has 3 rings (SSSR count). The van der Waals surface area contributed by atoms with E-state index in [1.165, 1.54) is 19.1 Å². The number of hydrogen-bond donors (Lipinski definition) is 3. The van der Waals surface area contributed by atoms with Gasteiger partial charge in [0.05, 0.1) is 5.41 Å². The first-order chi connectivity index (χ1) is 12.3. The summed E-state index contributed by atoms with van der Waals surface area (Å²) >= 11 is 0. The average Bonchev–Trinajstić information content (AvgIpc) is 2.99. The van der Waals surface area contributed by atoms with Crippen LogP contribution in [0.1, 0.15) is 26.3 Å². The molecule has 0 fully saturated rings. The molecule has 3 N–H and O–H groups in total. The number of benzene rings is 2. The summed E-state index contributed by atoms with van der Waals surface area (Å²) in [5.74, 6) is -0.715. The predicted molar refractivity (Wildman–Crippen MR) is 101 cm³/mol. The summed E-state index contributed by atoms with van der Waals surface area (Å²) < 4.78 is 13.6. The highest BCUT2D eigenvalue weighted by atomic mass is 19.1. The summed E-state index contributed by atoms with van der Waals surface area (Å²) in [6.07, 6.45) is 1.74. The summed E-state index contributed by atoms with van der Waals surface area (Å²) in [6, 6.07) is 11.3. The van der Waals surface area contributed by atoms with Gasteiger partial charge in [0.25, 0.3) is 0 Å². The van der Waals surface area contributed by atoms with E-state index in [-0.39, 0.29) is 17.6 Å².